The summed E-state index contributed by atoms with van der Waals surface area (Å²) in [6.45, 7) is 6.85. The van der Waals surface area contributed by atoms with Gasteiger partial charge >= 0.3 is 5.97 Å². The van der Waals surface area contributed by atoms with Crippen molar-refractivity contribution in [2.75, 3.05) is 13.1 Å². The lowest BCUT2D eigenvalue weighted by Gasteiger charge is -2.21. The van der Waals surface area contributed by atoms with E-state index in [1.54, 1.807) is 6.92 Å². The van der Waals surface area contributed by atoms with E-state index in [1.165, 1.54) is 6.07 Å². The Morgan fingerprint density at radius 2 is 2.11 bits per heavy atom. The molecule has 1 heterocycles. The van der Waals surface area contributed by atoms with Crippen molar-refractivity contribution in [1.82, 2.24) is 4.90 Å². The Morgan fingerprint density at radius 1 is 1.47 bits per heavy atom. The average molecular weight is 268 g/mol. The van der Waals surface area contributed by atoms with Crippen LogP contribution in [0.5, 0.6) is 0 Å². The molecule has 0 saturated carbocycles. The van der Waals surface area contributed by atoms with Crippen molar-refractivity contribution >= 4 is 11.9 Å². The van der Waals surface area contributed by atoms with Gasteiger partial charge in [0.2, 0.25) is 5.91 Å². The van der Waals surface area contributed by atoms with Gasteiger partial charge in [-0.2, -0.15) is 0 Å². The minimum Gasteiger partial charge on any atom is -0.478 e. The van der Waals surface area contributed by atoms with Gasteiger partial charge in [-0.1, -0.05) is 13.8 Å². The maximum Gasteiger partial charge on any atom is 0.339 e. The van der Waals surface area contributed by atoms with Crippen LogP contribution in [-0.4, -0.2) is 35.0 Å². The number of carboxylic acid groups (broad SMARTS) is 1. The van der Waals surface area contributed by atoms with Crippen LogP contribution in [0.4, 0.5) is 0 Å². The van der Waals surface area contributed by atoms with Gasteiger partial charge < -0.3 is 15.3 Å². The first kappa shape index (κ1) is 15.2. The van der Waals surface area contributed by atoms with Gasteiger partial charge in [0.15, 0.2) is 0 Å². The number of carbonyl (C=O) groups is 2. The molecule has 0 atom stereocenters. The van der Waals surface area contributed by atoms with Crippen LogP contribution >= 0.6 is 0 Å². The zero-order chi connectivity index (χ0) is 14.6. The van der Waals surface area contributed by atoms with Crippen molar-refractivity contribution in [1.29, 1.82) is 0 Å². The topological polar surface area (TPSA) is 96.8 Å². The largest absolute Gasteiger partial charge is 0.478 e. The molecule has 0 fully saturated rings. The zero-order valence-electron chi connectivity index (χ0n) is 11.5. The van der Waals surface area contributed by atoms with E-state index in [0.29, 0.717) is 30.5 Å². The molecule has 0 aromatic carbocycles. The highest BCUT2D eigenvalue weighted by atomic mass is 16.4. The maximum absolute atomic E-state index is 11.0. The van der Waals surface area contributed by atoms with Crippen LogP contribution in [0.2, 0.25) is 0 Å². The first-order valence-electron chi connectivity index (χ1n) is 6.12. The van der Waals surface area contributed by atoms with E-state index in [9.17, 15) is 9.59 Å². The number of furan rings is 1. The smallest absolute Gasteiger partial charge is 0.339 e. The van der Waals surface area contributed by atoms with Crippen LogP contribution in [0, 0.1) is 12.8 Å². The minimum absolute atomic E-state index is 0.125. The predicted octanol–water partition coefficient (Wildman–Crippen LogP) is 1.23. The number of amides is 1. The third-order valence-corrected chi connectivity index (χ3v) is 2.58. The fraction of sp³-hybridized carbons (Fsp3) is 0.538. The molecule has 6 nitrogen and oxygen atoms in total. The summed E-state index contributed by atoms with van der Waals surface area (Å²) in [5.41, 5.74) is 5.35. The molecule has 106 valence electrons. The number of rotatable bonds is 7. The van der Waals surface area contributed by atoms with Crippen LogP contribution in [0.3, 0.4) is 0 Å². The minimum atomic E-state index is -1.02. The highest BCUT2D eigenvalue weighted by molar-refractivity contribution is 5.88. The SMILES string of the molecule is Cc1oc(CN(CC(N)=O)CC(C)C)cc1C(=O)O. The Labute approximate surface area is 112 Å². The van der Waals surface area contributed by atoms with Crippen molar-refractivity contribution in [2.24, 2.45) is 11.7 Å². The van der Waals surface area contributed by atoms with Gasteiger partial charge in [0.25, 0.3) is 0 Å². The normalized spacial score (nSPS) is 11.2. The molecular formula is C13H20N2O4. The molecule has 0 spiro atoms. The van der Waals surface area contributed by atoms with Crippen LogP contribution in [0.25, 0.3) is 0 Å². The molecule has 0 unspecified atom stereocenters. The summed E-state index contributed by atoms with van der Waals surface area (Å²) in [6.07, 6.45) is 0. The second-order valence-corrected chi connectivity index (χ2v) is 5.02. The number of nitrogens with two attached hydrogens (primary N) is 1. The van der Waals surface area contributed by atoms with Gasteiger partial charge in [-0.15, -0.1) is 0 Å². The monoisotopic (exact) mass is 268 g/mol. The molecule has 1 aromatic rings. The van der Waals surface area contributed by atoms with Crippen molar-refractivity contribution < 1.29 is 19.1 Å². The number of hydrogen-bond acceptors (Lipinski definition) is 4. The van der Waals surface area contributed by atoms with E-state index in [0.717, 1.165) is 0 Å². The fourth-order valence-corrected chi connectivity index (χ4v) is 1.98. The number of aromatic carboxylic acids is 1. The molecule has 0 aliphatic carbocycles. The first-order valence-corrected chi connectivity index (χ1v) is 6.12. The number of nitrogens with zero attached hydrogens (tertiary/aromatic N) is 1. The number of primary amides is 1. The van der Waals surface area contributed by atoms with E-state index < -0.39 is 11.9 Å². The highest BCUT2D eigenvalue weighted by Gasteiger charge is 2.17. The van der Waals surface area contributed by atoms with Crippen molar-refractivity contribution in [3.63, 3.8) is 0 Å². The van der Waals surface area contributed by atoms with Crippen LogP contribution in [0.1, 0.15) is 35.7 Å². The summed E-state index contributed by atoms with van der Waals surface area (Å²) in [7, 11) is 0. The summed E-state index contributed by atoms with van der Waals surface area (Å²) in [5.74, 6) is -0.169. The van der Waals surface area contributed by atoms with Crippen LogP contribution < -0.4 is 5.73 Å². The van der Waals surface area contributed by atoms with E-state index in [-0.39, 0.29) is 12.1 Å². The van der Waals surface area contributed by atoms with Crippen LogP contribution in [-0.2, 0) is 11.3 Å². The van der Waals surface area contributed by atoms with E-state index in [2.05, 4.69) is 0 Å². The summed E-state index contributed by atoms with van der Waals surface area (Å²) in [6, 6.07) is 1.49. The predicted molar refractivity (Wildman–Crippen MR) is 69.7 cm³/mol. The van der Waals surface area contributed by atoms with Gasteiger partial charge in [0, 0.05) is 6.54 Å². The second-order valence-electron chi connectivity index (χ2n) is 5.02. The Kier molecular flexibility index (Phi) is 5.11. The summed E-state index contributed by atoms with van der Waals surface area (Å²) < 4.78 is 5.39. The van der Waals surface area contributed by atoms with Gasteiger partial charge in [-0.05, 0) is 18.9 Å². The number of carbonyl (C=O) groups excluding carboxylic acids is 1. The second kappa shape index (κ2) is 6.38. The lowest BCUT2D eigenvalue weighted by atomic mass is 10.2. The van der Waals surface area contributed by atoms with Gasteiger partial charge in [0.1, 0.15) is 17.1 Å². The lowest BCUT2D eigenvalue weighted by Crippen LogP contribution is -2.35. The molecule has 1 aromatic heterocycles. The Hall–Kier alpha value is -1.82. The fourth-order valence-electron chi connectivity index (χ4n) is 1.98. The average Bonchev–Trinajstić information content (AvgIpc) is 2.57. The molecule has 0 saturated heterocycles. The Bertz CT molecular complexity index is 465. The first-order chi connectivity index (χ1) is 8.79. The molecule has 19 heavy (non-hydrogen) atoms. The molecule has 0 bridgehead atoms. The molecule has 6 heteroatoms. The quantitative estimate of drug-likeness (QED) is 0.775. The van der Waals surface area contributed by atoms with Crippen molar-refractivity contribution in [3.8, 4) is 0 Å². The maximum atomic E-state index is 11.0. The molecular weight excluding hydrogens is 248 g/mol. The zero-order valence-corrected chi connectivity index (χ0v) is 11.5. The number of aryl methyl sites for hydroxylation is 1. The Morgan fingerprint density at radius 3 is 2.53 bits per heavy atom. The summed E-state index contributed by atoms with van der Waals surface area (Å²) in [5, 5.41) is 8.96. The summed E-state index contributed by atoms with van der Waals surface area (Å²) >= 11 is 0. The molecule has 1 amide bonds. The van der Waals surface area contributed by atoms with Crippen LogP contribution in [0.15, 0.2) is 10.5 Å². The Balaban J connectivity index is 2.80. The third kappa shape index (κ3) is 4.75. The van der Waals surface area contributed by atoms with Gasteiger partial charge in [-0.25, -0.2) is 4.79 Å². The summed E-state index contributed by atoms with van der Waals surface area (Å²) in [4.78, 5) is 23.8. The standard InChI is InChI=1S/C13H20N2O4/c1-8(2)5-15(7-12(14)16)6-10-4-11(13(17)18)9(3)19-10/h4,8H,5-7H2,1-3H3,(H2,14,16)(H,17,18). The number of hydrogen-bond donors (Lipinski definition) is 2. The third-order valence-electron chi connectivity index (χ3n) is 2.58. The van der Waals surface area contributed by atoms with E-state index in [1.807, 2.05) is 18.7 Å². The molecule has 0 aliphatic rings. The lowest BCUT2D eigenvalue weighted by molar-refractivity contribution is -0.119. The van der Waals surface area contributed by atoms with E-state index >= 15 is 0 Å². The van der Waals surface area contributed by atoms with Gasteiger partial charge in [-0.3, -0.25) is 9.69 Å². The van der Waals surface area contributed by atoms with Gasteiger partial charge in [0.05, 0.1) is 13.1 Å². The molecule has 0 aliphatic heterocycles. The highest BCUT2D eigenvalue weighted by Crippen LogP contribution is 2.16. The van der Waals surface area contributed by atoms with E-state index in [4.69, 9.17) is 15.3 Å². The van der Waals surface area contributed by atoms with Crippen molar-refractivity contribution in [2.45, 2.75) is 27.3 Å². The molecule has 3 N–H and O–H groups in total. The molecule has 0 radical (unpaired) electrons. The number of carboxylic acids is 1. The van der Waals surface area contributed by atoms with Crippen molar-refractivity contribution in [3.05, 3.63) is 23.2 Å². The molecule has 1 rings (SSSR count).